The summed E-state index contributed by atoms with van der Waals surface area (Å²) in [4.78, 5) is 9.30. The largest absolute Gasteiger partial charge is 0.309 e. The summed E-state index contributed by atoms with van der Waals surface area (Å²) in [5.41, 5.74) is 9.03. The van der Waals surface area contributed by atoms with Crippen LogP contribution in [0.3, 0.4) is 0 Å². The maximum Gasteiger partial charge on any atom is 0.150 e. The number of rotatable bonds is 5. The fourth-order valence-electron chi connectivity index (χ4n) is 6.82. The third-order valence-electron chi connectivity index (χ3n) is 8.90. The van der Waals surface area contributed by atoms with Crippen molar-refractivity contribution in [3.8, 4) is 22.6 Å². The molecule has 1 atom stereocenters. The topological polar surface area (TPSA) is 35.6 Å². The van der Waals surface area contributed by atoms with Gasteiger partial charge < -0.3 is 4.57 Å². The van der Waals surface area contributed by atoms with Gasteiger partial charge in [-0.15, -0.1) is 0 Å². The number of nitrogens with zero attached hydrogens (tertiary/aromatic N) is 4. The molecule has 0 bridgehead atoms. The molecule has 5 heteroatoms. The molecule has 0 saturated heterocycles. The van der Waals surface area contributed by atoms with Crippen molar-refractivity contribution in [2.75, 3.05) is 0 Å². The van der Waals surface area contributed by atoms with Gasteiger partial charge in [-0.2, -0.15) is 0 Å². The number of fused-ring (bicyclic) bond motifs is 6. The zero-order valence-electron chi connectivity index (χ0n) is 24.8. The second-order valence-electron chi connectivity index (χ2n) is 11.6. The lowest BCUT2D eigenvalue weighted by molar-refractivity contribution is 0.402. The SMILES string of the molecule is FC(c1cccc(-c2ccccn2)c1)c1cccc(-n2c3cc4c5ccccc5n(-c5ccccc5)c4cc3c3cccnc32)c1. The number of para-hydroxylation sites is 2. The molecule has 46 heavy (non-hydrogen) atoms. The van der Waals surface area contributed by atoms with Crippen LogP contribution in [0.5, 0.6) is 0 Å². The minimum atomic E-state index is -1.31. The summed E-state index contributed by atoms with van der Waals surface area (Å²) < 4.78 is 20.8. The lowest BCUT2D eigenvalue weighted by atomic mass is 9.99. The average Bonchev–Trinajstić information content (AvgIpc) is 3.63. The van der Waals surface area contributed by atoms with Gasteiger partial charge in [0, 0.05) is 50.9 Å². The molecule has 0 radical (unpaired) electrons. The number of hydrogen-bond acceptors (Lipinski definition) is 2. The Bertz CT molecular complexity index is 2550. The lowest BCUT2D eigenvalue weighted by Crippen LogP contribution is -2.00. The normalized spacial score (nSPS) is 12.4. The maximum atomic E-state index is 16.3. The molecule has 0 aliphatic carbocycles. The van der Waals surface area contributed by atoms with Crippen molar-refractivity contribution in [3.63, 3.8) is 0 Å². The summed E-state index contributed by atoms with van der Waals surface area (Å²) in [6.07, 6.45) is 2.27. The van der Waals surface area contributed by atoms with Crippen molar-refractivity contribution in [1.82, 2.24) is 19.1 Å². The quantitative estimate of drug-likeness (QED) is 0.199. The number of alkyl halides is 1. The van der Waals surface area contributed by atoms with E-state index >= 15 is 4.39 Å². The first kappa shape index (κ1) is 26.3. The molecule has 5 aromatic carbocycles. The molecule has 9 rings (SSSR count). The summed E-state index contributed by atoms with van der Waals surface area (Å²) in [5.74, 6) is 0. The molecule has 4 heterocycles. The fourth-order valence-corrected chi connectivity index (χ4v) is 6.82. The van der Waals surface area contributed by atoms with Crippen molar-refractivity contribution in [3.05, 3.63) is 169 Å². The fraction of sp³-hybridized carbons (Fsp3) is 0.0244. The molecule has 0 N–H and O–H groups in total. The van der Waals surface area contributed by atoms with E-state index < -0.39 is 6.17 Å². The summed E-state index contributed by atoms with van der Waals surface area (Å²) >= 11 is 0. The van der Waals surface area contributed by atoms with E-state index in [4.69, 9.17) is 4.98 Å². The molecule has 0 saturated carbocycles. The molecule has 9 aromatic rings. The van der Waals surface area contributed by atoms with Gasteiger partial charge in [0.1, 0.15) is 5.65 Å². The van der Waals surface area contributed by atoms with Crippen molar-refractivity contribution in [2.45, 2.75) is 6.17 Å². The van der Waals surface area contributed by atoms with E-state index in [-0.39, 0.29) is 0 Å². The van der Waals surface area contributed by atoms with Crippen LogP contribution in [0.1, 0.15) is 17.3 Å². The molecule has 0 aliphatic heterocycles. The number of aromatic nitrogens is 4. The van der Waals surface area contributed by atoms with Gasteiger partial charge in [-0.25, -0.2) is 9.37 Å². The van der Waals surface area contributed by atoms with E-state index in [2.05, 4.69) is 80.8 Å². The van der Waals surface area contributed by atoms with Gasteiger partial charge in [0.2, 0.25) is 0 Å². The number of benzene rings is 5. The van der Waals surface area contributed by atoms with Crippen molar-refractivity contribution in [2.24, 2.45) is 0 Å². The predicted octanol–water partition coefficient (Wildman–Crippen LogP) is 10.4. The molecule has 0 aliphatic rings. The van der Waals surface area contributed by atoms with E-state index in [0.29, 0.717) is 11.1 Å². The van der Waals surface area contributed by atoms with Crippen LogP contribution in [0.25, 0.3) is 66.4 Å². The van der Waals surface area contributed by atoms with Crippen LogP contribution in [0.15, 0.2) is 158 Å². The first-order valence-corrected chi connectivity index (χ1v) is 15.4. The van der Waals surface area contributed by atoms with E-state index in [1.54, 1.807) is 6.20 Å². The number of hydrogen-bond donors (Lipinski definition) is 0. The second kappa shape index (κ2) is 10.5. The standard InChI is InChI=1S/C41H27FN4/c42-40(28-12-8-11-27(23-28)36-19-6-7-21-43-36)29-13-9-16-31(24-29)46-39-25-34-32-17-4-5-20-37(32)45(30-14-2-1-3-15-30)38(34)26-35(39)33-18-10-22-44-41(33)46/h1-26,40H. The van der Waals surface area contributed by atoms with Crippen molar-refractivity contribution >= 4 is 43.7 Å². The summed E-state index contributed by atoms with van der Waals surface area (Å²) in [6, 6.07) is 48.8. The minimum absolute atomic E-state index is 0.586. The molecule has 0 spiro atoms. The van der Waals surface area contributed by atoms with E-state index in [0.717, 1.165) is 61.0 Å². The van der Waals surface area contributed by atoms with Crippen LogP contribution in [0, 0.1) is 0 Å². The highest BCUT2D eigenvalue weighted by Crippen LogP contribution is 2.39. The van der Waals surface area contributed by atoms with Gasteiger partial charge >= 0.3 is 0 Å². The second-order valence-corrected chi connectivity index (χ2v) is 11.6. The Labute approximate surface area is 264 Å². The monoisotopic (exact) mass is 594 g/mol. The summed E-state index contributed by atoms with van der Waals surface area (Å²) in [5, 5.41) is 4.48. The van der Waals surface area contributed by atoms with Crippen molar-refractivity contribution in [1.29, 1.82) is 0 Å². The molecule has 4 nitrogen and oxygen atoms in total. The highest BCUT2D eigenvalue weighted by Gasteiger charge is 2.20. The Balaban J connectivity index is 1.24. The van der Waals surface area contributed by atoms with Crippen molar-refractivity contribution < 1.29 is 4.39 Å². The molecular formula is C41H27FN4. The lowest BCUT2D eigenvalue weighted by Gasteiger charge is -2.14. The summed E-state index contributed by atoms with van der Waals surface area (Å²) in [6.45, 7) is 0. The summed E-state index contributed by atoms with van der Waals surface area (Å²) in [7, 11) is 0. The van der Waals surface area contributed by atoms with E-state index in [1.807, 2.05) is 85.1 Å². The zero-order valence-corrected chi connectivity index (χ0v) is 24.8. The number of pyridine rings is 2. The van der Waals surface area contributed by atoms with Gasteiger partial charge in [0.15, 0.2) is 6.17 Å². The molecule has 0 fully saturated rings. The minimum Gasteiger partial charge on any atom is -0.309 e. The first-order valence-electron chi connectivity index (χ1n) is 15.4. The molecule has 218 valence electrons. The van der Waals surface area contributed by atoms with Crippen LogP contribution in [0.2, 0.25) is 0 Å². The Kier molecular flexibility index (Phi) is 6.03. The van der Waals surface area contributed by atoms with Gasteiger partial charge in [-0.3, -0.25) is 9.55 Å². The Hall–Kier alpha value is -6.07. The molecule has 1 unspecified atom stereocenters. The molecular weight excluding hydrogens is 567 g/mol. The maximum absolute atomic E-state index is 16.3. The average molecular weight is 595 g/mol. The van der Waals surface area contributed by atoms with Gasteiger partial charge in [-0.05, 0) is 83.9 Å². The Morgan fingerprint density at radius 2 is 1.13 bits per heavy atom. The van der Waals surface area contributed by atoms with Crippen LogP contribution >= 0.6 is 0 Å². The first-order chi connectivity index (χ1) is 22.7. The van der Waals surface area contributed by atoms with E-state index in [9.17, 15) is 0 Å². The van der Waals surface area contributed by atoms with Crippen LogP contribution in [0.4, 0.5) is 4.39 Å². The van der Waals surface area contributed by atoms with Gasteiger partial charge in [0.05, 0.1) is 22.2 Å². The molecule has 4 aromatic heterocycles. The van der Waals surface area contributed by atoms with Crippen LogP contribution < -0.4 is 0 Å². The number of halogens is 1. The van der Waals surface area contributed by atoms with Gasteiger partial charge in [0.25, 0.3) is 0 Å². The third kappa shape index (κ3) is 4.13. The third-order valence-corrected chi connectivity index (χ3v) is 8.90. The van der Waals surface area contributed by atoms with E-state index in [1.165, 1.54) is 5.39 Å². The molecule has 0 amide bonds. The Morgan fingerprint density at radius 3 is 1.98 bits per heavy atom. The van der Waals surface area contributed by atoms with Gasteiger partial charge in [-0.1, -0.05) is 72.8 Å². The predicted molar refractivity (Wildman–Crippen MR) is 186 cm³/mol. The zero-order chi connectivity index (χ0) is 30.6. The smallest absolute Gasteiger partial charge is 0.150 e. The highest BCUT2D eigenvalue weighted by atomic mass is 19.1. The highest BCUT2D eigenvalue weighted by molar-refractivity contribution is 6.18. The Morgan fingerprint density at radius 1 is 0.457 bits per heavy atom. The van der Waals surface area contributed by atoms with Crippen LogP contribution in [-0.2, 0) is 0 Å². The van der Waals surface area contributed by atoms with Crippen LogP contribution in [-0.4, -0.2) is 19.1 Å².